The number of methoxy groups -OCH3 is 1. The van der Waals surface area contributed by atoms with Crippen LogP contribution < -0.4 is 4.57 Å². The highest BCUT2D eigenvalue weighted by Crippen LogP contribution is 2.54. The molecule has 1 aliphatic carbocycles. The molecule has 4 aromatic rings. The van der Waals surface area contributed by atoms with E-state index in [2.05, 4.69) is 118 Å². The Bertz CT molecular complexity index is 1630. The van der Waals surface area contributed by atoms with E-state index >= 15 is 0 Å². The van der Waals surface area contributed by atoms with Crippen LogP contribution in [0.2, 0.25) is 0 Å². The molecule has 0 saturated heterocycles. The summed E-state index contributed by atoms with van der Waals surface area (Å²) >= 11 is 0. The van der Waals surface area contributed by atoms with Gasteiger partial charge >= 0.3 is 0 Å². The Balaban J connectivity index is 1.62. The lowest BCUT2D eigenvalue weighted by Gasteiger charge is -2.41. The molecule has 6 rings (SSSR count). The van der Waals surface area contributed by atoms with E-state index in [0.717, 1.165) is 18.6 Å². The van der Waals surface area contributed by atoms with Crippen LogP contribution in [0.25, 0.3) is 33.3 Å². The van der Waals surface area contributed by atoms with Gasteiger partial charge in [-0.1, -0.05) is 64.1 Å². The largest absolute Gasteiger partial charge is 0.502 e. The van der Waals surface area contributed by atoms with E-state index < -0.39 is 0 Å². The molecule has 0 spiro atoms. The van der Waals surface area contributed by atoms with Gasteiger partial charge in [-0.15, -0.1) is 0 Å². The van der Waals surface area contributed by atoms with Crippen LogP contribution in [-0.2, 0) is 20.4 Å². The SMILES string of the molecule is CCC1c2cc3c(cc2-c2ccc4ccccc4[n+]2C1(CC)COC(C)/C=C(/C)OC)C(C)(C)c1ccccc1-3. The number of hydrogen-bond donors (Lipinski definition) is 0. The lowest BCUT2D eigenvalue weighted by Crippen LogP contribution is -2.65. The van der Waals surface area contributed by atoms with Crippen LogP contribution in [-0.4, -0.2) is 19.8 Å². The number of aromatic nitrogens is 1. The van der Waals surface area contributed by atoms with Gasteiger partial charge < -0.3 is 9.47 Å². The van der Waals surface area contributed by atoms with E-state index in [4.69, 9.17) is 9.47 Å². The fraction of sp³-hybridized carbons (Fsp3) is 0.378. The highest BCUT2D eigenvalue weighted by atomic mass is 16.5. The van der Waals surface area contributed by atoms with E-state index in [-0.39, 0.29) is 17.1 Å². The van der Waals surface area contributed by atoms with Crippen molar-refractivity contribution < 1.29 is 14.0 Å². The molecule has 3 atom stereocenters. The van der Waals surface area contributed by atoms with E-state index in [9.17, 15) is 0 Å². The molecule has 3 unspecified atom stereocenters. The third-order valence-electron chi connectivity index (χ3n) is 9.75. The molecule has 3 aromatic carbocycles. The summed E-state index contributed by atoms with van der Waals surface area (Å²) in [5, 5.41) is 1.26. The summed E-state index contributed by atoms with van der Waals surface area (Å²) in [7, 11) is 1.72. The van der Waals surface area contributed by atoms with Crippen LogP contribution in [0.3, 0.4) is 0 Å². The van der Waals surface area contributed by atoms with Crippen molar-refractivity contribution in [2.75, 3.05) is 13.7 Å². The molecule has 1 aromatic heterocycles. The third-order valence-corrected chi connectivity index (χ3v) is 9.75. The van der Waals surface area contributed by atoms with Crippen molar-refractivity contribution in [1.82, 2.24) is 0 Å². The summed E-state index contributed by atoms with van der Waals surface area (Å²) in [5.41, 5.74) is 10.7. The van der Waals surface area contributed by atoms with Crippen LogP contribution >= 0.6 is 0 Å². The molecule has 0 saturated carbocycles. The zero-order valence-corrected chi connectivity index (χ0v) is 25.0. The molecule has 0 radical (unpaired) electrons. The van der Waals surface area contributed by atoms with Crippen LogP contribution in [0.1, 0.15) is 77.0 Å². The molecular formula is C37H42NO2+. The molecule has 0 amide bonds. The van der Waals surface area contributed by atoms with Gasteiger partial charge in [-0.05, 0) is 78.4 Å². The summed E-state index contributed by atoms with van der Waals surface area (Å²) in [4.78, 5) is 0. The smallest absolute Gasteiger partial charge is 0.213 e. The van der Waals surface area contributed by atoms with Crippen molar-refractivity contribution in [3.63, 3.8) is 0 Å². The quantitative estimate of drug-likeness (QED) is 0.175. The predicted molar refractivity (Wildman–Crippen MR) is 165 cm³/mol. The van der Waals surface area contributed by atoms with E-state index in [1.165, 1.54) is 50.0 Å². The van der Waals surface area contributed by atoms with E-state index in [0.29, 0.717) is 12.5 Å². The van der Waals surface area contributed by atoms with Gasteiger partial charge in [0.15, 0.2) is 5.54 Å². The zero-order chi connectivity index (χ0) is 28.2. The maximum Gasteiger partial charge on any atom is 0.213 e. The first-order valence-electron chi connectivity index (χ1n) is 14.8. The Morgan fingerprint density at radius 1 is 0.925 bits per heavy atom. The highest BCUT2D eigenvalue weighted by molar-refractivity contribution is 5.86. The zero-order valence-electron chi connectivity index (χ0n) is 25.0. The third kappa shape index (κ3) is 3.85. The minimum atomic E-state index is -0.233. The average Bonchev–Trinajstić information content (AvgIpc) is 3.20. The molecular weight excluding hydrogens is 490 g/mol. The highest BCUT2D eigenvalue weighted by Gasteiger charge is 2.54. The van der Waals surface area contributed by atoms with Crippen LogP contribution in [0.5, 0.6) is 0 Å². The van der Waals surface area contributed by atoms with Crippen molar-refractivity contribution >= 4 is 10.9 Å². The second kappa shape index (κ2) is 9.89. The Morgan fingerprint density at radius 3 is 2.42 bits per heavy atom. The summed E-state index contributed by atoms with van der Waals surface area (Å²) in [6.45, 7) is 14.2. The summed E-state index contributed by atoms with van der Waals surface area (Å²) in [6.07, 6.45) is 4.02. The molecule has 40 heavy (non-hydrogen) atoms. The van der Waals surface area contributed by atoms with E-state index in [1.54, 1.807) is 7.11 Å². The fourth-order valence-electron chi connectivity index (χ4n) is 7.61. The number of fused-ring (bicyclic) bond motifs is 8. The van der Waals surface area contributed by atoms with Crippen molar-refractivity contribution in [2.45, 2.75) is 77.4 Å². The van der Waals surface area contributed by atoms with Gasteiger partial charge in [-0.2, -0.15) is 4.57 Å². The van der Waals surface area contributed by atoms with Gasteiger partial charge in [0.1, 0.15) is 6.61 Å². The number of benzene rings is 3. The maximum absolute atomic E-state index is 6.71. The Kier molecular flexibility index (Phi) is 6.62. The summed E-state index contributed by atoms with van der Waals surface area (Å²) < 4.78 is 14.8. The van der Waals surface area contributed by atoms with Gasteiger partial charge in [0, 0.05) is 29.4 Å². The number of rotatable bonds is 7. The molecule has 3 heteroatoms. The molecule has 2 aliphatic rings. The first-order chi connectivity index (χ1) is 19.3. The molecule has 206 valence electrons. The second-order valence-corrected chi connectivity index (χ2v) is 12.2. The summed E-state index contributed by atoms with van der Waals surface area (Å²) in [5.74, 6) is 1.19. The number of ether oxygens (including phenoxy) is 2. The molecule has 0 N–H and O–H groups in total. The van der Waals surface area contributed by atoms with E-state index in [1.807, 2.05) is 6.92 Å². The molecule has 3 nitrogen and oxygen atoms in total. The lowest BCUT2D eigenvalue weighted by molar-refractivity contribution is -0.742. The van der Waals surface area contributed by atoms with Gasteiger partial charge in [-0.25, -0.2) is 0 Å². The number of pyridine rings is 1. The first kappa shape index (κ1) is 26.8. The minimum Gasteiger partial charge on any atom is -0.502 e. The number of hydrogen-bond acceptors (Lipinski definition) is 2. The van der Waals surface area contributed by atoms with Crippen molar-refractivity contribution in [3.05, 3.63) is 101 Å². The summed E-state index contributed by atoms with van der Waals surface area (Å²) in [6, 6.07) is 27.5. The van der Waals surface area contributed by atoms with Crippen molar-refractivity contribution in [2.24, 2.45) is 0 Å². The number of allylic oxidation sites excluding steroid dienone is 1. The fourth-order valence-corrected chi connectivity index (χ4v) is 7.61. The molecule has 0 fully saturated rings. The monoisotopic (exact) mass is 532 g/mol. The Hall–Kier alpha value is -3.43. The van der Waals surface area contributed by atoms with Crippen LogP contribution in [0.15, 0.2) is 84.6 Å². The Labute approximate surface area is 239 Å². The molecule has 1 aliphatic heterocycles. The normalized spacial score (nSPS) is 21.4. The standard InChI is InChI=1S/C37H42NO2/c1-8-31-29-21-28-27-15-11-12-16-32(27)36(5,6)33(28)22-30(29)35-19-18-26-14-10-13-17-34(26)38(35)37(31,9-2)23-40-25(4)20-24(3)39-7/h10-22,25,31H,8-9,23H2,1-7H3/q+1/b24-20-. The van der Waals surface area contributed by atoms with Crippen molar-refractivity contribution in [3.8, 4) is 22.4 Å². The first-order valence-corrected chi connectivity index (χ1v) is 14.8. The Morgan fingerprint density at radius 2 is 1.68 bits per heavy atom. The number of nitrogens with zero attached hydrogens (tertiary/aromatic N) is 1. The van der Waals surface area contributed by atoms with Gasteiger partial charge in [0.25, 0.3) is 0 Å². The topological polar surface area (TPSA) is 22.3 Å². The van der Waals surface area contributed by atoms with Crippen LogP contribution in [0.4, 0.5) is 0 Å². The molecule has 0 bridgehead atoms. The van der Waals surface area contributed by atoms with Gasteiger partial charge in [-0.3, -0.25) is 0 Å². The van der Waals surface area contributed by atoms with Crippen molar-refractivity contribution in [1.29, 1.82) is 0 Å². The minimum absolute atomic E-state index is 0.0340. The van der Waals surface area contributed by atoms with Gasteiger partial charge in [0.05, 0.1) is 30.5 Å². The second-order valence-electron chi connectivity index (χ2n) is 12.2. The van der Waals surface area contributed by atoms with Crippen LogP contribution in [0, 0.1) is 0 Å². The maximum atomic E-state index is 6.71. The lowest BCUT2D eigenvalue weighted by atomic mass is 9.69. The number of para-hydroxylation sites is 1. The molecule has 2 heterocycles. The van der Waals surface area contributed by atoms with Gasteiger partial charge in [0.2, 0.25) is 11.2 Å². The average molecular weight is 533 g/mol. The predicted octanol–water partition coefficient (Wildman–Crippen LogP) is 8.67.